The highest BCUT2D eigenvalue weighted by molar-refractivity contribution is 9.08. The molecule has 1 rings (SSSR count). The molecule has 0 aliphatic rings. The largest absolute Gasteiger partial charge is 0.574 e. The molecule has 0 bridgehead atoms. The number of aromatic nitrogens is 1. The van der Waals surface area contributed by atoms with Crippen LogP contribution in [0.25, 0.3) is 0 Å². The summed E-state index contributed by atoms with van der Waals surface area (Å²) in [6, 6.07) is 0.517. The van der Waals surface area contributed by atoms with E-state index in [1.165, 1.54) is 0 Å². The molecule has 0 saturated carbocycles. The van der Waals surface area contributed by atoms with Crippen molar-refractivity contribution in [3.63, 3.8) is 0 Å². The van der Waals surface area contributed by atoms with Crippen molar-refractivity contribution < 1.29 is 41.0 Å². The van der Waals surface area contributed by atoms with Crippen molar-refractivity contribution in [2.75, 3.05) is 0 Å². The Kier molecular flexibility index (Phi) is 4.52. The average molecular weight is 368 g/mol. The van der Waals surface area contributed by atoms with Gasteiger partial charge in [0, 0.05) is 5.33 Å². The van der Waals surface area contributed by atoms with Gasteiger partial charge in [0.1, 0.15) is 5.56 Å². The second kappa shape index (κ2) is 5.46. The van der Waals surface area contributed by atoms with Gasteiger partial charge in [-0.15, -0.1) is 13.2 Å². The summed E-state index contributed by atoms with van der Waals surface area (Å²) in [5.41, 5.74) is -3.82. The minimum Gasteiger partial charge on any atom is -0.478 e. The van der Waals surface area contributed by atoms with Gasteiger partial charge in [0.05, 0.1) is 11.3 Å². The Morgan fingerprint density at radius 3 is 2.20 bits per heavy atom. The lowest BCUT2D eigenvalue weighted by molar-refractivity contribution is -0.278. The molecule has 112 valence electrons. The van der Waals surface area contributed by atoms with Crippen LogP contribution in [0.15, 0.2) is 6.07 Å². The molecule has 1 heterocycles. The number of alkyl halides is 7. The molecule has 4 nitrogen and oxygen atoms in total. The Morgan fingerprint density at radius 2 is 1.85 bits per heavy atom. The number of ether oxygens (including phenoxy) is 1. The Bertz CT molecular complexity index is 528. The molecule has 0 radical (unpaired) electrons. The van der Waals surface area contributed by atoms with Crippen molar-refractivity contribution in [2.24, 2.45) is 0 Å². The predicted octanol–water partition coefficient (Wildman–Crippen LogP) is 3.59. The third kappa shape index (κ3) is 3.99. The third-order valence-corrected chi connectivity index (χ3v) is 2.48. The molecule has 11 heteroatoms. The van der Waals surface area contributed by atoms with E-state index in [1.807, 2.05) is 0 Å². The third-order valence-electron chi connectivity index (χ3n) is 1.90. The molecule has 1 aromatic rings. The second-order valence-corrected chi connectivity index (χ2v) is 3.89. The Hall–Kier alpha value is -1.52. The fourth-order valence-corrected chi connectivity index (χ4v) is 1.55. The van der Waals surface area contributed by atoms with Crippen LogP contribution in [-0.4, -0.2) is 22.4 Å². The molecule has 0 fully saturated rings. The van der Waals surface area contributed by atoms with E-state index in [0.717, 1.165) is 0 Å². The zero-order valence-electron chi connectivity index (χ0n) is 9.14. The van der Waals surface area contributed by atoms with Crippen LogP contribution in [0, 0.1) is 0 Å². The molecule has 0 aromatic carbocycles. The van der Waals surface area contributed by atoms with Gasteiger partial charge >= 0.3 is 18.5 Å². The fraction of sp³-hybridized carbons (Fsp3) is 0.333. The summed E-state index contributed by atoms with van der Waals surface area (Å²) >= 11 is 2.76. The molecule has 0 aliphatic heterocycles. The monoisotopic (exact) mass is 367 g/mol. The van der Waals surface area contributed by atoms with E-state index in [4.69, 9.17) is 5.11 Å². The second-order valence-electron chi connectivity index (χ2n) is 3.33. The number of aromatic carboxylic acids is 1. The first-order chi connectivity index (χ1) is 8.95. The van der Waals surface area contributed by atoms with Gasteiger partial charge in [-0.1, -0.05) is 15.9 Å². The lowest BCUT2D eigenvalue weighted by Crippen LogP contribution is -2.23. The van der Waals surface area contributed by atoms with E-state index >= 15 is 0 Å². The van der Waals surface area contributed by atoms with E-state index < -0.39 is 35.5 Å². The molecule has 0 atom stereocenters. The minimum absolute atomic E-state index is 0.250. The quantitative estimate of drug-likeness (QED) is 0.655. The number of pyridine rings is 1. The van der Waals surface area contributed by atoms with Crippen LogP contribution in [0.1, 0.15) is 21.6 Å². The van der Waals surface area contributed by atoms with Gasteiger partial charge in [0.15, 0.2) is 0 Å². The highest BCUT2D eigenvalue weighted by Gasteiger charge is 2.44. The van der Waals surface area contributed by atoms with Gasteiger partial charge in [0.25, 0.3) is 0 Å². The molecule has 1 aromatic heterocycles. The first kappa shape index (κ1) is 16.5. The van der Waals surface area contributed by atoms with Crippen molar-refractivity contribution in [3.8, 4) is 5.88 Å². The van der Waals surface area contributed by atoms with Crippen molar-refractivity contribution in [1.29, 1.82) is 0 Å². The normalized spacial score (nSPS) is 12.3. The summed E-state index contributed by atoms with van der Waals surface area (Å²) in [5.74, 6) is -3.90. The maximum Gasteiger partial charge on any atom is 0.574 e. The average Bonchev–Trinajstić information content (AvgIpc) is 2.23. The molecule has 0 saturated heterocycles. The molecule has 0 unspecified atom stereocenters. The number of rotatable bonds is 3. The maximum atomic E-state index is 12.7. The smallest absolute Gasteiger partial charge is 0.478 e. The SMILES string of the molecule is O=C(O)c1cc(CBr)nc(OC(F)(F)F)c1C(F)(F)F. The van der Waals surface area contributed by atoms with Crippen LogP contribution in [0.4, 0.5) is 26.3 Å². The number of carboxylic acids is 1. The zero-order valence-corrected chi connectivity index (χ0v) is 10.7. The summed E-state index contributed by atoms with van der Waals surface area (Å²) < 4.78 is 77.6. The lowest BCUT2D eigenvalue weighted by atomic mass is 10.1. The number of carboxylic acid groups (broad SMARTS) is 1. The van der Waals surface area contributed by atoms with Crippen LogP contribution in [0.2, 0.25) is 0 Å². The first-order valence-corrected chi connectivity index (χ1v) is 5.74. The lowest BCUT2D eigenvalue weighted by Gasteiger charge is -2.17. The molecule has 20 heavy (non-hydrogen) atoms. The van der Waals surface area contributed by atoms with Gasteiger partial charge in [-0.05, 0) is 6.07 Å². The number of hydrogen-bond acceptors (Lipinski definition) is 3. The van der Waals surface area contributed by atoms with Crippen LogP contribution < -0.4 is 4.74 Å². The van der Waals surface area contributed by atoms with E-state index in [0.29, 0.717) is 6.07 Å². The molecule has 0 spiro atoms. The highest BCUT2D eigenvalue weighted by Crippen LogP contribution is 2.40. The summed E-state index contributed by atoms with van der Waals surface area (Å²) in [6.45, 7) is 0. The van der Waals surface area contributed by atoms with Crippen molar-refractivity contribution in [3.05, 3.63) is 22.9 Å². The molecule has 0 aliphatic carbocycles. The van der Waals surface area contributed by atoms with Crippen molar-refractivity contribution >= 4 is 21.9 Å². The molecular formula is C9H4BrF6NO3. The summed E-state index contributed by atoms with van der Waals surface area (Å²) in [4.78, 5) is 13.8. The minimum atomic E-state index is -5.44. The molecule has 1 N–H and O–H groups in total. The van der Waals surface area contributed by atoms with E-state index in [1.54, 1.807) is 0 Å². The Morgan fingerprint density at radius 1 is 1.30 bits per heavy atom. The number of carbonyl (C=O) groups is 1. The maximum absolute atomic E-state index is 12.7. The van der Waals surface area contributed by atoms with Crippen LogP contribution in [-0.2, 0) is 11.5 Å². The number of nitrogens with zero attached hydrogens (tertiary/aromatic N) is 1. The van der Waals surface area contributed by atoms with Gasteiger partial charge in [-0.25, -0.2) is 9.78 Å². The van der Waals surface area contributed by atoms with Gasteiger partial charge in [0.2, 0.25) is 5.88 Å². The molecule has 0 amide bonds. The Labute approximate surface area is 115 Å². The van der Waals surface area contributed by atoms with E-state index in [-0.39, 0.29) is 11.0 Å². The number of halogens is 7. The van der Waals surface area contributed by atoms with E-state index in [9.17, 15) is 31.1 Å². The Balaban J connectivity index is 3.60. The number of hydrogen-bond donors (Lipinski definition) is 1. The summed E-state index contributed by atoms with van der Waals surface area (Å²) in [7, 11) is 0. The summed E-state index contributed by atoms with van der Waals surface area (Å²) in [5, 5.41) is 8.44. The van der Waals surface area contributed by atoms with Crippen molar-refractivity contribution in [1.82, 2.24) is 4.98 Å². The van der Waals surface area contributed by atoms with Crippen LogP contribution >= 0.6 is 15.9 Å². The fourth-order valence-electron chi connectivity index (χ4n) is 1.27. The van der Waals surface area contributed by atoms with Gasteiger partial charge in [-0.3, -0.25) is 0 Å². The molecular weight excluding hydrogens is 364 g/mol. The van der Waals surface area contributed by atoms with Crippen LogP contribution in [0.5, 0.6) is 5.88 Å². The standard InChI is InChI=1S/C9H4BrF6NO3/c10-2-3-1-4(7(18)19)5(8(11,12)13)6(17-3)20-9(14,15)16/h1H,2H2,(H,18,19). The van der Waals surface area contributed by atoms with Crippen LogP contribution in [0.3, 0.4) is 0 Å². The summed E-state index contributed by atoms with van der Waals surface area (Å²) in [6.07, 6.45) is -10.8. The van der Waals surface area contributed by atoms with E-state index in [2.05, 4.69) is 25.7 Å². The van der Waals surface area contributed by atoms with Crippen molar-refractivity contribution in [2.45, 2.75) is 17.9 Å². The predicted molar refractivity (Wildman–Crippen MR) is 55.5 cm³/mol. The topological polar surface area (TPSA) is 59.4 Å². The first-order valence-electron chi connectivity index (χ1n) is 4.62. The highest BCUT2D eigenvalue weighted by atomic mass is 79.9. The van der Waals surface area contributed by atoms with Gasteiger partial charge in [-0.2, -0.15) is 13.2 Å². The zero-order chi connectivity index (χ0) is 15.7. The van der Waals surface area contributed by atoms with Gasteiger partial charge < -0.3 is 9.84 Å².